The molecule has 0 heterocycles. The normalized spacial score (nSPS) is 12.5. The maximum Gasteiger partial charge on any atom is 0.103 e. The first kappa shape index (κ1) is 28.7. The van der Waals surface area contributed by atoms with Crippen LogP contribution >= 0.6 is 0 Å². The lowest BCUT2D eigenvalue weighted by Gasteiger charge is -2.27. The Morgan fingerprint density at radius 3 is 1.56 bits per heavy atom. The Labute approximate surface area is 226 Å². The lowest BCUT2D eigenvalue weighted by molar-refractivity contribution is 0.562. The molecule has 0 aliphatic rings. The fraction of sp³-hybridized carbons (Fsp3) is 0.471. The highest BCUT2D eigenvalue weighted by molar-refractivity contribution is 6.91. The van der Waals surface area contributed by atoms with E-state index in [0.717, 1.165) is 5.16 Å². The van der Waals surface area contributed by atoms with Crippen LogP contribution in [0.3, 0.4) is 0 Å². The smallest absolute Gasteiger partial charge is 0.0654 e. The summed E-state index contributed by atoms with van der Waals surface area (Å²) in [6, 6.07) is 35.8. The summed E-state index contributed by atoms with van der Waals surface area (Å²) < 4.78 is 0. The third-order valence-corrected chi connectivity index (χ3v) is 15.8. The lowest BCUT2D eigenvalue weighted by Crippen LogP contribution is -2.47. The van der Waals surface area contributed by atoms with Gasteiger partial charge in [-0.2, -0.15) is 0 Å². The van der Waals surface area contributed by atoms with E-state index in [1.165, 1.54) is 95.1 Å². The summed E-state index contributed by atoms with van der Waals surface area (Å²) in [5.74, 6) is 0. The first-order chi connectivity index (χ1) is 17.9. The van der Waals surface area contributed by atoms with E-state index in [9.17, 15) is 0 Å². The van der Waals surface area contributed by atoms with Gasteiger partial charge in [0, 0.05) is 9.52 Å². The molecule has 0 radical (unpaired) electrons. The number of unbranched alkanes of at least 4 members (excludes halogenated alkanes) is 9. The van der Waals surface area contributed by atoms with Crippen molar-refractivity contribution in [2.75, 3.05) is 0 Å². The van der Waals surface area contributed by atoms with E-state index in [4.69, 9.17) is 0 Å². The van der Waals surface area contributed by atoms with Crippen LogP contribution in [0.25, 0.3) is 0 Å². The van der Waals surface area contributed by atoms with Crippen LogP contribution in [0.2, 0.25) is 11.2 Å². The third-order valence-electron chi connectivity index (χ3n) is 7.85. The first-order valence-electron chi connectivity index (χ1n) is 15.0. The van der Waals surface area contributed by atoms with Crippen LogP contribution in [0, 0.1) is 0 Å². The van der Waals surface area contributed by atoms with Gasteiger partial charge < -0.3 is 0 Å². The standard InChI is InChI=1S/C34H50Si2/c1-2-3-4-5-6-7-8-9-10-20-30-35-34(29-21-24-31-22-14-11-15-23-31)36(32-25-16-12-17-26-32)33-27-18-13-19-28-33/h11-19,22-23,25-28,34,36H,2-10,20-21,24,29-30,35H2,1H3/t34-/m1/s1. The van der Waals surface area contributed by atoms with Gasteiger partial charge in [0.15, 0.2) is 0 Å². The molecule has 0 spiro atoms. The SMILES string of the molecule is CCCCCCCCCCCC[SiH2][C@@H](CCCc1ccccc1)[SiH](c1ccccc1)c1ccccc1. The van der Waals surface area contributed by atoms with E-state index < -0.39 is 8.80 Å². The molecule has 194 valence electrons. The van der Waals surface area contributed by atoms with Gasteiger partial charge in [0.1, 0.15) is 8.80 Å². The second-order valence-electron chi connectivity index (χ2n) is 10.8. The monoisotopic (exact) mass is 514 g/mol. The van der Waals surface area contributed by atoms with Gasteiger partial charge in [0.25, 0.3) is 0 Å². The van der Waals surface area contributed by atoms with Crippen molar-refractivity contribution in [2.45, 2.75) is 102 Å². The molecule has 0 fully saturated rings. The van der Waals surface area contributed by atoms with Crippen molar-refractivity contribution < 1.29 is 0 Å². The molecule has 0 N–H and O–H groups in total. The molecule has 3 rings (SSSR count). The first-order valence-corrected chi connectivity index (χ1v) is 18.7. The van der Waals surface area contributed by atoms with Crippen molar-refractivity contribution in [3.05, 3.63) is 96.6 Å². The molecular formula is C34H50Si2. The zero-order valence-corrected chi connectivity index (χ0v) is 25.5. The Balaban J connectivity index is 1.54. The van der Waals surface area contributed by atoms with E-state index in [1.54, 1.807) is 10.4 Å². The highest BCUT2D eigenvalue weighted by atomic mass is 28.3. The Morgan fingerprint density at radius 1 is 0.556 bits per heavy atom. The van der Waals surface area contributed by atoms with Gasteiger partial charge in [-0.05, 0) is 23.6 Å². The topological polar surface area (TPSA) is 0 Å². The van der Waals surface area contributed by atoms with Crippen LogP contribution in [0.1, 0.15) is 89.5 Å². The Morgan fingerprint density at radius 2 is 1.03 bits per heavy atom. The molecule has 3 aromatic rings. The lowest BCUT2D eigenvalue weighted by atomic mass is 10.1. The van der Waals surface area contributed by atoms with Crippen LogP contribution < -0.4 is 10.4 Å². The van der Waals surface area contributed by atoms with Gasteiger partial charge in [-0.1, -0.05) is 185 Å². The van der Waals surface area contributed by atoms with Gasteiger partial charge in [-0.25, -0.2) is 0 Å². The maximum atomic E-state index is 2.43. The molecule has 36 heavy (non-hydrogen) atoms. The number of aryl methyl sites for hydroxylation is 1. The average molecular weight is 515 g/mol. The summed E-state index contributed by atoms with van der Waals surface area (Å²) in [4.78, 5) is 0. The minimum absolute atomic E-state index is 0.102. The predicted octanol–water partition coefficient (Wildman–Crippen LogP) is 7.89. The van der Waals surface area contributed by atoms with Crippen LogP contribution in [0.15, 0.2) is 91.0 Å². The molecule has 0 unspecified atom stereocenters. The van der Waals surface area contributed by atoms with E-state index in [2.05, 4.69) is 97.9 Å². The predicted molar refractivity (Wildman–Crippen MR) is 168 cm³/mol. The zero-order valence-electron chi connectivity index (χ0n) is 22.9. The second-order valence-corrected chi connectivity index (χ2v) is 17.3. The summed E-state index contributed by atoms with van der Waals surface area (Å²) in [5.41, 5.74) is 1.50. The average Bonchev–Trinajstić information content (AvgIpc) is 2.93. The third kappa shape index (κ3) is 11.0. The number of hydrogen-bond acceptors (Lipinski definition) is 0. The Kier molecular flexibility index (Phi) is 14.6. The minimum Gasteiger partial charge on any atom is -0.0654 e. The molecular weight excluding hydrogens is 465 g/mol. The molecule has 0 aliphatic heterocycles. The molecule has 0 saturated heterocycles. The zero-order chi connectivity index (χ0) is 25.1. The second kappa shape index (κ2) is 18.4. The van der Waals surface area contributed by atoms with Crippen molar-refractivity contribution in [3.8, 4) is 0 Å². The highest BCUT2D eigenvalue weighted by Crippen LogP contribution is 2.22. The molecule has 0 amide bonds. The summed E-state index contributed by atoms with van der Waals surface area (Å²) >= 11 is 0. The van der Waals surface area contributed by atoms with Crippen LogP contribution in [0.5, 0.6) is 0 Å². The molecule has 3 aromatic carbocycles. The summed E-state index contributed by atoms with van der Waals surface area (Å²) in [5, 5.41) is 4.28. The van der Waals surface area contributed by atoms with Crippen molar-refractivity contribution in [2.24, 2.45) is 0 Å². The van der Waals surface area contributed by atoms with Crippen LogP contribution in [-0.4, -0.2) is 18.3 Å². The fourth-order valence-corrected chi connectivity index (χ4v) is 14.6. The maximum absolute atomic E-state index is 2.43. The number of benzene rings is 3. The van der Waals surface area contributed by atoms with Gasteiger partial charge in [0.2, 0.25) is 0 Å². The number of hydrogen-bond donors (Lipinski definition) is 0. The molecule has 0 saturated carbocycles. The Hall–Kier alpha value is -1.91. The largest absolute Gasteiger partial charge is 0.103 e. The highest BCUT2D eigenvalue weighted by Gasteiger charge is 2.26. The molecule has 0 bridgehead atoms. The minimum atomic E-state index is -1.21. The van der Waals surface area contributed by atoms with Crippen LogP contribution in [-0.2, 0) is 6.42 Å². The van der Waals surface area contributed by atoms with Gasteiger partial charge in [0.05, 0.1) is 0 Å². The van der Waals surface area contributed by atoms with Gasteiger partial charge in [-0.15, -0.1) is 0 Å². The fourth-order valence-electron chi connectivity index (χ4n) is 5.82. The van der Waals surface area contributed by atoms with Gasteiger partial charge in [-0.3, -0.25) is 0 Å². The van der Waals surface area contributed by atoms with Crippen molar-refractivity contribution in [1.29, 1.82) is 0 Å². The summed E-state index contributed by atoms with van der Waals surface area (Å²) in [6.45, 7) is 2.31. The van der Waals surface area contributed by atoms with Crippen molar-refractivity contribution >= 4 is 28.7 Å². The van der Waals surface area contributed by atoms with Crippen molar-refractivity contribution in [1.82, 2.24) is 0 Å². The molecule has 0 aliphatic carbocycles. The van der Waals surface area contributed by atoms with E-state index in [0.29, 0.717) is 0 Å². The molecule has 0 nitrogen and oxygen atoms in total. The quantitative estimate of drug-likeness (QED) is 0.113. The number of rotatable bonds is 19. The van der Waals surface area contributed by atoms with Gasteiger partial charge >= 0.3 is 0 Å². The molecule has 1 atom stereocenters. The van der Waals surface area contributed by atoms with Crippen LogP contribution in [0.4, 0.5) is 0 Å². The molecule has 2 heteroatoms. The van der Waals surface area contributed by atoms with E-state index in [-0.39, 0.29) is 9.52 Å². The summed E-state index contributed by atoms with van der Waals surface area (Å²) in [7, 11) is -1.32. The van der Waals surface area contributed by atoms with Crippen molar-refractivity contribution in [3.63, 3.8) is 0 Å². The molecule has 0 aromatic heterocycles. The van der Waals surface area contributed by atoms with E-state index >= 15 is 0 Å². The van der Waals surface area contributed by atoms with E-state index in [1.807, 2.05) is 0 Å². The summed E-state index contributed by atoms with van der Waals surface area (Å²) in [6.07, 6.45) is 18.4. The Bertz CT molecular complexity index is 855.